The average molecular weight is 263 g/mol. The predicted molar refractivity (Wildman–Crippen MR) is 74.5 cm³/mol. The van der Waals surface area contributed by atoms with E-state index in [-0.39, 0.29) is 12.0 Å². The number of pyridine rings is 1. The molecule has 1 saturated heterocycles. The monoisotopic (exact) mass is 263 g/mol. The largest absolute Gasteiger partial charge is 0.375 e. The summed E-state index contributed by atoms with van der Waals surface area (Å²) >= 11 is 0. The minimum Gasteiger partial charge on any atom is -0.375 e. The van der Waals surface area contributed by atoms with E-state index in [4.69, 9.17) is 4.74 Å². The second-order valence-corrected chi connectivity index (χ2v) is 4.95. The van der Waals surface area contributed by atoms with Gasteiger partial charge in [-0.3, -0.25) is 4.79 Å². The van der Waals surface area contributed by atoms with Gasteiger partial charge in [-0.25, -0.2) is 4.98 Å². The molecule has 1 atom stereocenters. The maximum atomic E-state index is 12.5. The Balaban J connectivity index is 2.12. The molecule has 2 rings (SSSR count). The van der Waals surface area contributed by atoms with Crippen LogP contribution in [-0.4, -0.2) is 55.7 Å². The van der Waals surface area contributed by atoms with E-state index in [1.165, 1.54) is 0 Å². The minimum atomic E-state index is 0.0623. The van der Waals surface area contributed by atoms with Crippen LogP contribution in [0.5, 0.6) is 0 Å². The highest BCUT2D eigenvalue weighted by Crippen LogP contribution is 2.15. The Morgan fingerprint density at radius 1 is 1.58 bits per heavy atom. The van der Waals surface area contributed by atoms with Crippen LogP contribution in [0.2, 0.25) is 0 Å². The summed E-state index contributed by atoms with van der Waals surface area (Å²) in [6.07, 6.45) is 2.77. The Hall–Kier alpha value is -1.62. The first-order chi connectivity index (χ1) is 9.11. The van der Waals surface area contributed by atoms with Crippen molar-refractivity contribution in [2.24, 2.45) is 0 Å². The molecule has 0 saturated carbocycles. The Morgan fingerprint density at radius 2 is 2.37 bits per heavy atom. The van der Waals surface area contributed by atoms with Gasteiger partial charge in [-0.05, 0) is 18.6 Å². The molecule has 1 amide bonds. The van der Waals surface area contributed by atoms with Crippen molar-refractivity contribution in [3.05, 3.63) is 23.9 Å². The summed E-state index contributed by atoms with van der Waals surface area (Å²) in [5.74, 6) is 0.860. The van der Waals surface area contributed by atoms with Crippen molar-refractivity contribution in [3.63, 3.8) is 0 Å². The highest BCUT2D eigenvalue weighted by Gasteiger charge is 2.24. The highest BCUT2D eigenvalue weighted by molar-refractivity contribution is 5.94. The maximum Gasteiger partial charge on any atom is 0.254 e. The molecule has 19 heavy (non-hydrogen) atoms. The Kier molecular flexibility index (Phi) is 4.37. The second kappa shape index (κ2) is 6.02. The van der Waals surface area contributed by atoms with E-state index in [2.05, 4.69) is 11.9 Å². The lowest BCUT2D eigenvalue weighted by atomic mass is 10.1. The number of rotatable bonds is 3. The average Bonchev–Trinajstić information content (AvgIpc) is 2.46. The van der Waals surface area contributed by atoms with Crippen LogP contribution >= 0.6 is 0 Å². The van der Waals surface area contributed by atoms with Crippen molar-refractivity contribution < 1.29 is 9.53 Å². The van der Waals surface area contributed by atoms with E-state index in [1.54, 1.807) is 12.3 Å². The number of amides is 1. The maximum absolute atomic E-state index is 12.5. The molecule has 1 unspecified atom stereocenters. The lowest BCUT2D eigenvalue weighted by Gasteiger charge is -2.32. The van der Waals surface area contributed by atoms with Crippen LogP contribution in [0.4, 0.5) is 5.82 Å². The lowest BCUT2D eigenvalue weighted by Crippen LogP contribution is -2.45. The van der Waals surface area contributed by atoms with Gasteiger partial charge in [0.15, 0.2) is 0 Å². The Bertz CT molecular complexity index is 448. The smallest absolute Gasteiger partial charge is 0.254 e. The molecule has 1 aromatic heterocycles. The van der Waals surface area contributed by atoms with Crippen molar-refractivity contribution in [2.45, 2.75) is 19.4 Å². The molecule has 1 fully saturated rings. The van der Waals surface area contributed by atoms with Crippen LogP contribution < -0.4 is 4.90 Å². The molecule has 2 heterocycles. The van der Waals surface area contributed by atoms with Crippen LogP contribution in [-0.2, 0) is 4.74 Å². The van der Waals surface area contributed by atoms with Gasteiger partial charge >= 0.3 is 0 Å². The molecule has 0 radical (unpaired) electrons. The fraction of sp³-hybridized carbons (Fsp3) is 0.571. The van der Waals surface area contributed by atoms with E-state index in [0.29, 0.717) is 25.3 Å². The van der Waals surface area contributed by atoms with Gasteiger partial charge in [-0.2, -0.15) is 0 Å². The molecule has 1 aromatic rings. The minimum absolute atomic E-state index is 0.0623. The Labute approximate surface area is 114 Å². The number of aromatic nitrogens is 1. The number of morpholine rings is 1. The number of hydrogen-bond donors (Lipinski definition) is 0. The van der Waals surface area contributed by atoms with Crippen LogP contribution in [0, 0.1) is 0 Å². The third-order valence-electron chi connectivity index (χ3n) is 3.33. The van der Waals surface area contributed by atoms with E-state index in [9.17, 15) is 4.79 Å². The summed E-state index contributed by atoms with van der Waals surface area (Å²) in [6.45, 7) is 4.04. The van der Waals surface area contributed by atoms with Crippen molar-refractivity contribution >= 4 is 11.7 Å². The zero-order chi connectivity index (χ0) is 13.8. The van der Waals surface area contributed by atoms with Crippen LogP contribution in [0.3, 0.4) is 0 Å². The number of carbonyl (C=O) groups excluding carboxylic acids is 1. The van der Waals surface area contributed by atoms with Crippen molar-refractivity contribution in [3.8, 4) is 0 Å². The number of anilines is 1. The first kappa shape index (κ1) is 13.8. The normalized spacial score (nSPS) is 19.3. The molecular formula is C14H21N3O2. The van der Waals surface area contributed by atoms with Gasteiger partial charge in [0, 0.05) is 38.9 Å². The first-order valence-corrected chi connectivity index (χ1v) is 6.66. The highest BCUT2D eigenvalue weighted by atomic mass is 16.5. The fourth-order valence-corrected chi connectivity index (χ4v) is 2.13. The zero-order valence-corrected chi connectivity index (χ0v) is 11.8. The van der Waals surface area contributed by atoms with Crippen molar-refractivity contribution in [2.75, 3.05) is 38.7 Å². The molecule has 5 heteroatoms. The molecule has 104 valence electrons. The van der Waals surface area contributed by atoms with Gasteiger partial charge in [0.2, 0.25) is 0 Å². The van der Waals surface area contributed by atoms with E-state index in [1.807, 2.05) is 30.0 Å². The van der Waals surface area contributed by atoms with Crippen LogP contribution in [0.25, 0.3) is 0 Å². The molecular weight excluding hydrogens is 242 g/mol. The SMILES string of the molecule is CCC1CN(C(=O)c2ccnc(N(C)C)c2)CCO1. The van der Waals surface area contributed by atoms with Gasteiger partial charge in [-0.15, -0.1) is 0 Å². The number of nitrogens with zero attached hydrogens (tertiary/aromatic N) is 3. The van der Waals surface area contributed by atoms with Crippen LogP contribution in [0.1, 0.15) is 23.7 Å². The Morgan fingerprint density at radius 3 is 3.05 bits per heavy atom. The summed E-state index contributed by atoms with van der Waals surface area (Å²) < 4.78 is 5.59. The molecule has 0 bridgehead atoms. The van der Waals surface area contributed by atoms with Crippen LogP contribution in [0.15, 0.2) is 18.3 Å². The topological polar surface area (TPSA) is 45.7 Å². The lowest BCUT2D eigenvalue weighted by molar-refractivity contribution is -0.0226. The van der Waals surface area contributed by atoms with Gasteiger partial charge in [0.1, 0.15) is 5.82 Å². The van der Waals surface area contributed by atoms with Gasteiger partial charge in [0.25, 0.3) is 5.91 Å². The molecule has 5 nitrogen and oxygen atoms in total. The standard InChI is InChI=1S/C14H21N3O2/c1-4-12-10-17(7-8-19-12)14(18)11-5-6-15-13(9-11)16(2)3/h5-6,9,12H,4,7-8,10H2,1-3H3. The van der Waals surface area contributed by atoms with Gasteiger partial charge in [-0.1, -0.05) is 6.92 Å². The van der Waals surface area contributed by atoms with Gasteiger partial charge in [0.05, 0.1) is 12.7 Å². The number of hydrogen-bond acceptors (Lipinski definition) is 4. The molecule has 1 aliphatic rings. The second-order valence-electron chi connectivity index (χ2n) is 4.95. The van der Waals surface area contributed by atoms with E-state index in [0.717, 1.165) is 12.2 Å². The molecule has 1 aliphatic heterocycles. The third kappa shape index (κ3) is 3.23. The summed E-state index contributed by atoms with van der Waals surface area (Å²) in [6, 6.07) is 3.60. The molecule has 0 aromatic carbocycles. The fourth-order valence-electron chi connectivity index (χ4n) is 2.13. The third-order valence-corrected chi connectivity index (χ3v) is 3.33. The summed E-state index contributed by atoms with van der Waals surface area (Å²) in [7, 11) is 3.83. The predicted octanol–water partition coefficient (Wildman–Crippen LogP) is 1.40. The van der Waals surface area contributed by atoms with Crippen molar-refractivity contribution in [1.82, 2.24) is 9.88 Å². The van der Waals surface area contributed by atoms with Crippen molar-refractivity contribution in [1.29, 1.82) is 0 Å². The van der Waals surface area contributed by atoms with E-state index >= 15 is 0 Å². The first-order valence-electron chi connectivity index (χ1n) is 6.66. The summed E-state index contributed by atoms with van der Waals surface area (Å²) in [5.41, 5.74) is 0.690. The molecule has 0 spiro atoms. The van der Waals surface area contributed by atoms with Gasteiger partial charge < -0.3 is 14.5 Å². The number of carbonyl (C=O) groups is 1. The molecule has 0 aliphatic carbocycles. The molecule has 0 N–H and O–H groups in total. The van der Waals surface area contributed by atoms with E-state index < -0.39 is 0 Å². The quantitative estimate of drug-likeness (QED) is 0.827. The summed E-state index contributed by atoms with van der Waals surface area (Å²) in [4.78, 5) is 20.4. The zero-order valence-electron chi connectivity index (χ0n) is 11.8. The number of ether oxygens (including phenoxy) is 1. The summed E-state index contributed by atoms with van der Waals surface area (Å²) in [5, 5.41) is 0.